The minimum Gasteiger partial charge on any atom is -0.462 e. The van der Waals surface area contributed by atoms with Gasteiger partial charge in [-0.3, -0.25) is 9.59 Å². The van der Waals surface area contributed by atoms with Crippen LogP contribution in [0.3, 0.4) is 0 Å². The third-order valence-corrected chi connectivity index (χ3v) is 12.6. The van der Waals surface area contributed by atoms with Gasteiger partial charge in [-0.05, 0) is 70.6 Å². The number of amides is 1. The number of ether oxygens (including phenoxy) is 1. The van der Waals surface area contributed by atoms with Gasteiger partial charge in [0, 0.05) is 6.42 Å². The molecule has 0 aromatic heterocycles. The molecule has 0 bridgehead atoms. The second-order valence-electron chi connectivity index (χ2n) is 19.1. The van der Waals surface area contributed by atoms with Crippen LogP contribution in [0.15, 0.2) is 85.1 Å². The van der Waals surface area contributed by atoms with Gasteiger partial charge in [0.1, 0.15) is 6.10 Å². The zero-order chi connectivity index (χ0) is 48.8. The molecule has 0 rings (SSSR count). The number of aliphatic hydroxyl groups is 2. The fourth-order valence-corrected chi connectivity index (χ4v) is 8.34. The Morgan fingerprint density at radius 2 is 0.821 bits per heavy atom. The standard InChI is InChI=1S/C61H107NO5/c1-4-7-10-13-16-19-22-25-28-30-33-36-39-42-45-48-51-54-61(66)67-57(52-49-46-43-40-37-34-32-29-26-23-20-17-14-11-8-5-2)55-60(65)62-58(56-63)59(64)53-50-47-44-41-38-35-31-27-24-21-18-15-12-9-6-3/h7,10,13,16,19,22,25,28,30,33-34,36-37,39,57-59,63-64H,4-6,8-9,11-12,14-15,17-18,20-21,23-24,26-27,29,31-32,35,38,40-56H2,1-3H3,(H,62,65)/b10-7-,16-13+,22-19+,28-25-,33-30+,37-34+,39-36+. The van der Waals surface area contributed by atoms with Crippen LogP contribution in [0.25, 0.3) is 0 Å². The average Bonchev–Trinajstić information content (AvgIpc) is 3.32. The Morgan fingerprint density at radius 1 is 0.448 bits per heavy atom. The number of hydrogen-bond donors (Lipinski definition) is 3. The van der Waals surface area contributed by atoms with Crippen LogP contribution in [0.1, 0.15) is 265 Å². The predicted molar refractivity (Wildman–Crippen MR) is 291 cm³/mol. The lowest BCUT2D eigenvalue weighted by molar-refractivity contribution is -0.151. The van der Waals surface area contributed by atoms with Gasteiger partial charge in [0.05, 0.1) is 25.2 Å². The van der Waals surface area contributed by atoms with Crippen molar-refractivity contribution in [2.75, 3.05) is 6.61 Å². The highest BCUT2D eigenvalue weighted by Crippen LogP contribution is 2.18. The summed E-state index contributed by atoms with van der Waals surface area (Å²) in [5.41, 5.74) is 0. The van der Waals surface area contributed by atoms with E-state index in [1.165, 1.54) is 135 Å². The van der Waals surface area contributed by atoms with E-state index >= 15 is 0 Å². The summed E-state index contributed by atoms with van der Waals surface area (Å²) < 4.78 is 5.93. The topological polar surface area (TPSA) is 95.9 Å². The minimum absolute atomic E-state index is 0.0457. The minimum atomic E-state index is -0.804. The molecule has 0 aliphatic rings. The molecule has 3 atom stereocenters. The van der Waals surface area contributed by atoms with Crippen LogP contribution in [-0.4, -0.2) is 46.9 Å². The van der Waals surface area contributed by atoms with Gasteiger partial charge in [0.2, 0.25) is 5.91 Å². The number of carbonyl (C=O) groups is 2. The van der Waals surface area contributed by atoms with Crippen LogP contribution in [0, 0.1) is 0 Å². The number of carbonyl (C=O) groups excluding carboxylic acids is 2. The first-order valence-electron chi connectivity index (χ1n) is 28.4. The van der Waals surface area contributed by atoms with E-state index < -0.39 is 18.2 Å². The van der Waals surface area contributed by atoms with E-state index in [0.717, 1.165) is 83.5 Å². The molecule has 3 N–H and O–H groups in total. The molecule has 0 saturated carbocycles. The van der Waals surface area contributed by atoms with Crippen LogP contribution in [-0.2, 0) is 14.3 Å². The highest BCUT2D eigenvalue weighted by Gasteiger charge is 2.24. The van der Waals surface area contributed by atoms with E-state index in [4.69, 9.17) is 4.74 Å². The second-order valence-corrected chi connectivity index (χ2v) is 19.1. The average molecular weight is 935 g/mol. The number of unbranched alkanes of at least 4 members (excludes halogenated alkanes) is 29. The smallest absolute Gasteiger partial charge is 0.306 e. The summed E-state index contributed by atoms with van der Waals surface area (Å²) >= 11 is 0. The van der Waals surface area contributed by atoms with Gasteiger partial charge in [-0.15, -0.1) is 0 Å². The number of esters is 1. The summed E-state index contributed by atoms with van der Waals surface area (Å²) in [6.45, 7) is 6.34. The molecule has 0 saturated heterocycles. The molecule has 0 aromatic rings. The summed E-state index contributed by atoms with van der Waals surface area (Å²) in [6, 6.07) is -0.721. The molecule has 1 amide bonds. The molecular formula is C61H107NO5. The fraction of sp³-hybridized carbons (Fsp3) is 0.738. The summed E-state index contributed by atoms with van der Waals surface area (Å²) in [7, 11) is 0. The Balaban J connectivity index is 4.68. The molecule has 0 spiro atoms. The Hall–Kier alpha value is -2.96. The lowest BCUT2D eigenvalue weighted by Gasteiger charge is -2.24. The molecule has 6 heteroatoms. The first-order valence-corrected chi connectivity index (χ1v) is 28.4. The Labute approximate surface area is 414 Å². The zero-order valence-corrected chi connectivity index (χ0v) is 44.0. The first-order chi connectivity index (χ1) is 33.0. The zero-order valence-electron chi connectivity index (χ0n) is 44.0. The van der Waals surface area contributed by atoms with E-state index in [2.05, 4.69) is 62.5 Å². The maximum absolute atomic E-state index is 13.3. The summed E-state index contributed by atoms with van der Waals surface area (Å²) in [5, 5.41) is 23.9. The molecule has 0 aromatic carbocycles. The third kappa shape index (κ3) is 49.3. The quantitative estimate of drug-likeness (QED) is 0.0244. The number of allylic oxidation sites excluding steroid dienone is 14. The van der Waals surface area contributed by atoms with Crippen molar-refractivity contribution in [2.24, 2.45) is 0 Å². The normalized spacial score (nSPS) is 13.8. The molecule has 6 nitrogen and oxygen atoms in total. The first kappa shape index (κ1) is 64.0. The molecule has 3 unspecified atom stereocenters. The molecule has 0 fully saturated rings. The molecule has 0 aliphatic heterocycles. The maximum atomic E-state index is 13.3. The van der Waals surface area contributed by atoms with Crippen LogP contribution in [0.2, 0.25) is 0 Å². The van der Waals surface area contributed by atoms with Crippen LogP contribution in [0.5, 0.6) is 0 Å². The second kappa shape index (κ2) is 54.0. The monoisotopic (exact) mass is 934 g/mol. The molecule has 0 radical (unpaired) electrons. The largest absolute Gasteiger partial charge is 0.462 e. The molecular weight excluding hydrogens is 827 g/mol. The van der Waals surface area contributed by atoms with Gasteiger partial charge in [-0.25, -0.2) is 0 Å². The van der Waals surface area contributed by atoms with Crippen molar-refractivity contribution in [3.63, 3.8) is 0 Å². The van der Waals surface area contributed by atoms with E-state index in [9.17, 15) is 19.8 Å². The molecule has 386 valence electrons. The third-order valence-electron chi connectivity index (χ3n) is 12.6. The van der Waals surface area contributed by atoms with Gasteiger partial charge in [-0.1, -0.05) is 266 Å². The van der Waals surface area contributed by atoms with Gasteiger partial charge in [0.25, 0.3) is 0 Å². The van der Waals surface area contributed by atoms with Gasteiger partial charge >= 0.3 is 5.97 Å². The highest BCUT2D eigenvalue weighted by molar-refractivity contribution is 5.77. The maximum Gasteiger partial charge on any atom is 0.306 e. The number of aliphatic hydroxyl groups excluding tert-OH is 2. The van der Waals surface area contributed by atoms with Crippen molar-refractivity contribution in [2.45, 2.75) is 283 Å². The van der Waals surface area contributed by atoms with Crippen LogP contribution >= 0.6 is 0 Å². The Kier molecular flexibility index (Phi) is 51.6. The molecule has 0 heterocycles. The SMILES string of the molecule is CC\C=C/C=C/C=C/C=C\C=C\C=C\CCCCCC(=O)OC(CCCCC/C=C/CCCCCCCCCCC)CC(=O)NC(CO)C(O)CCCCCCCCCCCCCCCCC. The van der Waals surface area contributed by atoms with E-state index in [-0.39, 0.29) is 24.9 Å². The Morgan fingerprint density at radius 3 is 1.28 bits per heavy atom. The van der Waals surface area contributed by atoms with Gasteiger partial charge < -0.3 is 20.3 Å². The highest BCUT2D eigenvalue weighted by atomic mass is 16.5. The van der Waals surface area contributed by atoms with Crippen molar-refractivity contribution in [3.8, 4) is 0 Å². The van der Waals surface area contributed by atoms with Crippen molar-refractivity contribution >= 4 is 11.9 Å². The number of hydrogen-bond acceptors (Lipinski definition) is 5. The summed E-state index contributed by atoms with van der Waals surface area (Å²) in [5.74, 6) is -0.538. The van der Waals surface area contributed by atoms with E-state index in [1.807, 2.05) is 48.6 Å². The van der Waals surface area contributed by atoms with Crippen molar-refractivity contribution in [1.82, 2.24) is 5.32 Å². The van der Waals surface area contributed by atoms with Crippen molar-refractivity contribution in [1.29, 1.82) is 0 Å². The predicted octanol–water partition coefficient (Wildman–Crippen LogP) is 17.5. The van der Waals surface area contributed by atoms with Gasteiger partial charge in [-0.2, -0.15) is 0 Å². The van der Waals surface area contributed by atoms with Crippen LogP contribution in [0.4, 0.5) is 0 Å². The van der Waals surface area contributed by atoms with E-state index in [0.29, 0.717) is 19.3 Å². The van der Waals surface area contributed by atoms with Crippen LogP contribution < -0.4 is 5.32 Å². The lowest BCUT2D eigenvalue weighted by atomic mass is 10.0. The Bertz CT molecular complexity index is 1280. The van der Waals surface area contributed by atoms with Crippen molar-refractivity contribution < 1.29 is 24.5 Å². The fourth-order valence-electron chi connectivity index (χ4n) is 8.34. The van der Waals surface area contributed by atoms with Gasteiger partial charge in [0.15, 0.2) is 0 Å². The summed E-state index contributed by atoms with van der Waals surface area (Å²) in [6.07, 6.45) is 70.7. The number of rotatable bonds is 50. The summed E-state index contributed by atoms with van der Waals surface area (Å²) in [4.78, 5) is 26.3. The lowest BCUT2D eigenvalue weighted by Crippen LogP contribution is -2.46. The molecule has 67 heavy (non-hydrogen) atoms. The number of nitrogens with one attached hydrogen (secondary N) is 1. The molecule has 0 aliphatic carbocycles. The van der Waals surface area contributed by atoms with Crippen molar-refractivity contribution in [3.05, 3.63) is 85.1 Å². The van der Waals surface area contributed by atoms with E-state index in [1.54, 1.807) is 0 Å².